The molecule has 0 aliphatic rings. The summed E-state index contributed by atoms with van der Waals surface area (Å²) in [5, 5.41) is 12.2. The molecule has 1 heterocycles. The van der Waals surface area contributed by atoms with Crippen LogP contribution in [0.25, 0.3) is 11.5 Å². The highest BCUT2D eigenvalue weighted by molar-refractivity contribution is 6.30. The first kappa shape index (κ1) is 15.5. The van der Waals surface area contributed by atoms with E-state index in [0.29, 0.717) is 22.4 Å². The van der Waals surface area contributed by atoms with E-state index in [1.807, 2.05) is 12.1 Å². The molecule has 6 heteroatoms. The third kappa shape index (κ3) is 4.06. The van der Waals surface area contributed by atoms with Gasteiger partial charge in [0.05, 0.1) is 18.7 Å². The van der Waals surface area contributed by atoms with Gasteiger partial charge in [-0.1, -0.05) is 17.7 Å². The highest BCUT2D eigenvalue weighted by Crippen LogP contribution is 2.24. The SMILES string of the molecule is Cc1oc(-c2cccc(Cl)c2)nc1CC(=O)NC(C)CO. The lowest BCUT2D eigenvalue weighted by molar-refractivity contribution is -0.121. The quantitative estimate of drug-likeness (QED) is 0.889. The number of aliphatic hydroxyl groups is 1. The summed E-state index contributed by atoms with van der Waals surface area (Å²) in [4.78, 5) is 16.2. The van der Waals surface area contributed by atoms with E-state index in [1.54, 1.807) is 26.0 Å². The molecule has 0 aliphatic heterocycles. The zero-order valence-corrected chi connectivity index (χ0v) is 12.6. The molecule has 1 aromatic heterocycles. The maximum Gasteiger partial charge on any atom is 0.226 e. The predicted molar refractivity (Wildman–Crippen MR) is 80.1 cm³/mol. The van der Waals surface area contributed by atoms with Gasteiger partial charge < -0.3 is 14.8 Å². The Bertz CT molecular complexity index is 640. The molecule has 2 N–H and O–H groups in total. The molecular weight excluding hydrogens is 292 g/mol. The van der Waals surface area contributed by atoms with Crippen LogP contribution >= 0.6 is 11.6 Å². The monoisotopic (exact) mass is 308 g/mol. The molecule has 0 radical (unpaired) electrons. The van der Waals surface area contributed by atoms with Crippen molar-refractivity contribution in [3.8, 4) is 11.5 Å². The van der Waals surface area contributed by atoms with E-state index in [9.17, 15) is 4.79 Å². The van der Waals surface area contributed by atoms with E-state index >= 15 is 0 Å². The van der Waals surface area contributed by atoms with Crippen molar-refractivity contribution in [2.24, 2.45) is 0 Å². The van der Waals surface area contributed by atoms with E-state index in [4.69, 9.17) is 21.1 Å². The maximum atomic E-state index is 11.8. The summed E-state index contributed by atoms with van der Waals surface area (Å²) in [6, 6.07) is 6.90. The number of nitrogens with zero attached hydrogens (tertiary/aromatic N) is 1. The van der Waals surface area contributed by atoms with Gasteiger partial charge in [-0.05, 0) is 32.0 Å². The number of oxazole rings is 1. The minimum atomic E-state index is -0.280. The normalized spacial score (nSPS) is 12.2. The minimum Gasteiger partial charge on any atom is -0.441 e. The van der Waals surface area contributed by atoms with Crippen LogP contribution in [0.5, 0.6) is 0 Å². The Morgan fingerprint density at radius 2 is 2.29 bits per heavy atom. The summed E-state index contributed by atoms with van der Waals surface area (Å²) in [6.45, 7) is 3.39. The Morgan fingerprint density at radius 3 is 2.95 bits per heavy atom. The van der Waals surface area contributed by atoms with Gasteiger partial charge in [0.15, 0.2) is 0 Å². The summed E-state index contributed by atoms with van der Waals surface area (Å²) < 4.78 is 5.59. The number of aryl methyl sites for hydroxylation is 1. The van der Waals surface area contributed by atoms with Crippen molar-refractivity contribution in [2.75, 3.05) is 6.61 Å². The topological polar surface area (TPSA) is 75.4 Å². The first-order valence-electron chi connectivity index (χ1n) is 6.62. The van der Waals surface area contributed by atoms with E-state index < -0.39 is 0 Å². The number of hydrogen-bond acceptors (Lipinski definition) is 4. The lowest BCUT2D eigenvalue weighted by atomic mass is 10.2. The molecular formula is C15H17ClN2O3. The molecule has 21 heavy (non-hydrogen) atoms. The van der Waals surface area contributed by atoms with Gasteiger partial charge in [-0.15, -0.1) is 0 Å². The maximum absolute atomic E-state index is 11.8. The first-order valence-corrected chi connectivity index (χ1v) is 7.00. The second-order valence-electron chi connectivity index (χ2n) is 4.86. The highest BCUT2D eigenvalue weighted by atomic mass is 35.5. The molecule has 0 fully saturated rings. The van der Waals surface area contributed by atoms with Crippen LogP contribution in [-0.2, 0) is 11.2 Å². The van der Waals surface area contributed by atoms with E-state index in [2.05, 4.69) is 10.3 Å². The van der Waals surface area contributed by atoms with Crippen molar-refractivity contribution in [3.05, 3.63) is 40.7 Å². The molecule has 2 rings (SSSR count). The molecule has 0 saturated carbocycles. The lowest BCUT2D eigenvalue weighted by Crippen LogP contribution is -2.36. The summed E-state index contributed by atoms with van der Waals surface area (Å²) >= 11 is 5.94. The molecule has 0 saturated heterocycles. The number of aliphatic hydroxyl groups excluding tert-OH is 1. The number of nitrogens with one attached hydrogen (secondary N) is 1. The highest BCUT2D eigenvalue weighted by Gasteiger charge is 2.15. The van der Waals surface area contributed by atoms with Crippen molar-refractivity contribution in [3.63, 3.8) is 0 Å². The standard InChI is InChI=1S/C15H17ClN2O3/c1-9(8-19)17-14(20)7-13-10(2)21-15(18-13)11-4-3-5-12(16)6-11/h3-6,9,19H,7-8H2,1-2H3,(H,17,20). The second-order valence-corrected chi connectivity index (χ2v) is 5.30. The molecule has 2 aromatic rings. The van der Waals surface area contributed by atoms with Gasteiger partial charge in [0.2, 0.25) is 11.8 Å². The number of carbonyl (C=O) groups is 1. The van der Waals surface area contributed by atoms with E-state index in [1.165, 1.54) is 0 Å². The third-order valence-electron chi connectivity index (χ3n) is 2.97. The van der Waals surface area contributed by atoms with Crippen molar-refractivity contribution >= 4 is 17.5 Å². The lowest BCUT2D eigenvalue weighted by Gasteiger charge is -2.09. The Morgan fingerprint density at radius 1 is 1.52 bits per heavy atom. The Labute approximate surface area is 128 Å². The van der Waals surface area contributed by atoms with Gasteiger partial charge in [-0.2, -0.15) is 0 Å². The summed E-state index contributed by atoms with van der Waals surface area (Å²) in [6.07, 6.45) is 0.111. The number of hydrogen-bond donors (Lipinski definition) is 2. The van der Waals surface area contributed by atoms with Crippen molar-refractivity contribution in [2.45, 2.75) is 26.3 Å². The Kier molecular flexibility index (Phi) is 4.98. The predicted octanol–water partition coefficient (Wildman–Crippen LogP) is 2.34. The molecule has 5 nitrogen and oxygen atoms in total. The number of carbonyl (C=O) groups excluding carboxylic acids is 1. The second kappa shape index (κ2) is 6.74. The van der Waals surface area contributed by atoms with Gasteiger partial charge in [-0.25, -0.2) is 4.98 Å². The molecule has 1 atom stereocenters. The molecule has 1 unspecified atom stereocenters. The average Bonchev–Trinajstić information content (AvgIpc) is 2.80. The molecule has 0 spiro atoms. The number of halogens is 1. The van der Waals surface area contributed by atoms with Crippen molar-refractivity contribution in [1.29, 1.82) is 0 Å². The number of aromatic nitrogens is 1. The van der Waals surface area contributed by atoms with Crippen molar-refractivity contribution < 1.29 is 14.3 Å². The van der Waals surface area contributed by atoms with Gasteiger partial charge in [-0.3, -0.25) is 4.79 Å². The Balaban J connectivity index is 2.14. The van der Waals surface area contributed by atoms with E-state index in [-0.39, 0.29) is 25.0 Å². The van der Waals surface area contributed by atoms with Gasteiger partial charge >= 0.3 is 0 Å². The number of amides is 1. The van der Waals surface area contributed by atoms with Crippen LogP contribution in [0, 0.1) is 6.92 Å². The first-order chi connectivity index (χ1) is 9.99. The van der Waals surface area contributed by atoms with Crippen LogP contribution in [0.1, 0.15) is 18.4 Å². The van der Waals surface area contributed by atoms with Crippen LogP contribution in [0.15, 0.2) is 28.7 Å². The summed E-state index contributed by atoms with van der Waals surface area (Å²) in [5.41, 5.74) is 1.34. The van der Waals surface area contributed by atoms with Gasteiger partial charge in [0.1, 0.15) is 5.76 Å². The third-order valence-corrected chi connectivity index (χ3v) is 3.21. The largest absolute Gasteiger partial charge is 0.441 e. The van der Waals surface area contributed by atoms with Crippen LogP contribution in [-0.4, -0.2) is 28.6 Å². The van der Waals surface area contributed by atoms with Gasteiger partial charge in [0, 0.05) is 16.6 Å². The van der Waals surface area contributed by atoms with Crippen LogP contribution in [0.2, 0.25) is 5.02 Å². The fourth-order valence-corrected chi connectivity index (χ4v) is 2.05. The zero-order chi connectivity index (χ0) is 15.4. The summed E-state index contributed by atoms with van der Waals surface area (Å²) in [5.74, 6) is 0.829. The molecule has 1 amide bonds. The van der Waals surface area contributed by atoms with Crippen LogP contribution in [0.4, 0.5) is 0 Å². The fourth-order valence-electron chi connectivity index (χ4n) is 1.86. The number of rotatable bonds is 5. The molecule has 112 valence electrons. The van der Waals surface area contributed by atoms with Gasteiger partial charge in [0.25, 0.3) is 0 Å². The smallest absolute Gasteiger partial charge is 0.226 e. The molecule has 0 bridgehead atoms. The van der Waals surface area contributed by atoms with Crippen LogP contribution < -0.4 is 5.32 Å². The number of benzene rings is 1. The summed E-state index contributed by atoms with van der Waals surface area (Å²) in [7, 11) is 0. The minimum absolute atomic E-state index is 0.0999. The average molecular weight is 309 g/mol. The Hall–Kier alpha value is -1.85. The van der Waals surface area contributed by atoms with Crippen LogP contribution in [0.3, 0.4) is 0 Å². The fraction of sp³-hybridized carbons (Fsp3) is 0.333. The molecule has 0 aliphatic carbocycles. The molecule has 1 aromatic carbocycles. The van der Waals surface area contributed by atoms with E-state index in [0.717, 1.165) is 5.56 Å². The van der Waals surface area contributed by atoms with Crippen molar-refractivity contribution in [1.82, 2.24) is 10.3 Å². The zero-order valence-electron chi connectivity index (χ0n) is 11.9.